The molecule has 0 aliphatic carbocycles. The topological polar surface area (TPSA) is 57.6 Å². The van der Waals surface area contributed by atoms with Gasteiger partial charge in [-0.05, 0) is 16.3 Å². The Hall–Kier alpha value is -2.01. The molecule has 0 radical (unpaired) electrons. The van der Waals surface area contributed by atoms with Crippen molar-refractivity contribution in [1.29, 1.82) is 0 Å². The van der Waals surface area contributed by atoms with Gasteiger partial charge in [0.1, 0.15) is 6.04 Å². The maximum atomic E-state index is 12.4. The van der Waals surface area contributed by atoms with E-state index in [2.05, 4.69) is 0 Å². The molecule has 0 aromatic heterocycles. The van der Waals surface area contributed by atoms with Crippen molar-refractivity contribution in [1.82, 2.24) is 4.90 Å². The van der Waals surface area contributed by atoms with Gasteiger partial charge in [-0.15, -0.1) is 11.8 Å². The maximum Gasteiger partial charge on any atom is 0.327 e. The van der Waals surface area contributed by atoms with Gasteiger partial charge in [-0.3, -0.25) is 4.79 Å². The average Bonchev–Trinajstić information content (AvgIpc) is 2.97. The second-order valence-corrected chi connectivity index (χ2v) is 6.03. The largest absolute Gasteiger partial charge is 0.480 e. The quantitative estimate of drug-likeness (QED) is 0.945. The van der Waals surface area contributed by atoms with E-state index in [4.69, 9.17) is 5.11 Å². The number of thioether (sulfide) groups is 1. The summed E-state index contributed by atoms with van der Waals surface area (Å²) in [5, 5.41) is 11.3. The molecule has 0 spiro atoms. The summed E-state index contributed by atoms with van der Waals surface area (Å²) in [5.41, 5.74) is 0.944. The Morgan fingerprint density at radius 1 is 1.19 bits per heavy atom. The van der Waals surface area contributed by atoms with Crippen molar-refractivity contribution in [3.8, 4) is 0 Å². The van der Waals surface area contributed by atoms with Gasteiger partial charge in [0.2, 0.25) is 5.91 Å². The van der Waals surface area contributed by atoms with E-state index in [1.807, 2.05) is 42.5 Å². The highest BCUT2D eigenvalue weighted by atomic mass is 32.2. The van der Waals surface area contributed by atoms with Gasteiger partial charge in [0.05, 0.1) is 12.3 Å². The van der Waals surface area contributed by atoms with Gasteiger partial charge in [-0.1, -0.05) is 42.5 Å². The van der Waals surface area contributed by atoms with Crippen LogP contribution in [0, 0.1) is 0 Å². The number of carbonyl (C=O) groups is 2. The van der Waals surface area contributed by atoms with Crippen molar-refractivity contribution in [3.63, 3.8) is 0 Å². The molecule has 1 N–H and O–H groups in total. The van der Waals surface area contributed by atoms with E-state index in [-0.39, 0.29) is 12.3 Å². The van der Waals surface area contributed by atoms with Crippen LogP contribution in [0.15, 0.2) is 42.5 Å². The lowest BCUT2D eigenvalue weighted by atomic mass is 10.0. The van der Waals surface area contributed by atoms with Crippen LogP contribution in [0.5, 0.6) is 0 Å². The van der Waals surface area contributed by atoms with Crippen LogP contribution in [0.2, 0.25) is 0 Å². The Labute approximate surface area is 126 Å². The average molecular weight is 301 g/mol. The highest BCUT2D eigenvalue weighted by molar-refractivity contribution is 7.99. The number of amides is 1. The molecule has 1 aliphatic heterocycles. The van der Waals surface area contributed by atoms with E-state index in [0.29, 0.717) is 11.6 Å². The molecule has 1 fully saturated rings. The zero-order valence-corrected chi connectivity index (χ0v) is 12.2. The molecule has 0 saturated carbocycles. The number of carbonyl (C=O) groups excluding carboxylic acids is 1. The molecule has 5 heteroatoms. The molecular formula is C16H15NO3S. The lowest BCUT2D eigenvalue weighted by Gasteiger charge is -2.20. The zero-order valence-electron chi connectivity index (χ0n) is 11.4. The van der Waals surface area contributed by atoms with Crippen LogP contribution >= 0.6 is 11.8 Å². The third kappa shape index (κ3) is 2.74. The SMILES string of the molecule is O=C(O)[C@@H]1CSCN1C(=O)Cc1cccc2ccccc12. The lowest BCUT2D eigenvalue weighted by Crippen LogP contribution is -2.42. The summed E-state index contributed by atoms with van der Waals surface area (Å²) in [7, 11) is 0. The summed E-state index contributed by atoms with van der Waals surface area (Å²) < 4.78 is 0. The van der Waals surface area contributed by atoms with Crippen molar-refractivity contribution in [2.24, 2.45) is 0 Å². The first-order valence-electron chi connectivity index (χ1n) is 6.73. The van der Waals surface area contributed by atoms with E-state index >= 15 is 0 Å². The minimum atomic E-state index is -0.925. The number of rotatable bonds is 3. The molecule has 1 amide bonds. The number of aliphatic carboxylic acids is 1. The molecule has 0 unspecified atom stereocenters. The predicted octanol–water partition coefficient (Wildman–Crippen LogP) is 2.37. The van der Waals surface area contributed by atoms with Gasteiger partial charge in [0, 0.05) is 5.75 Å². The van der Waals surface area contributed by atoms with Crippen LogP contribution < -0.4 is 0 Å². The van der Waals surface area contributed by atoms with Crippen molar-refractivity contribution in [3.05, 3.63) is 48.0 Å². The Kier molecular flexibility index (Phi) is 3.84. The molecule has 21 heavy (non-hydrogen) atoms. The lowest BCUT2D eigenvalue weighted by molar-refractivity contribution is -0.147. The van der Waals surface area contributed by atoms with Crippen LogP contribution in [-0.2, 0) is 16.0 Å². The fourth-order valence-corrected chi connectivity index (χ4v) is 3.78. The second-order valence-electron chi connectivity index (χ2n) is 5.03. The Morgan fingerprint density at radius 3 is 2.76 bits per heavy atom. The first-order chi connectivity index (χ1) is 10.2. The third-order valence-corrected chi connectivity index (χ3v) is 4.72. The molecule has 1 heterocycles. The number of hydrogen-bond donors (Lipinski definition) is 1. The number of fused-ring (bicyclic) bond motifs is 1. The zero-order chi connectivity index (χ0) is 14.8. The van der Waals surface area contributed by atoms with Crippen LogP contribution in [0.1, 0.15) is 5.56 Å². The monoisotopic (exact) mass is 301 g/mol. The molecule has 108 valence electrons. The minimum Gasteiger partial charge on any atom is -0.480 e. The van der Waals surface area contributed by atoms with Gasteiger partial charge in [-0.25, -0.2) is 4.79 Å². The Bertz CT molecular complexity index is 695. The number of hydrogen-bond acceptors (Lipinski definition) is 3. The highest BCUT2D eigenvalue weighted by Crippen LogP contribution is 2.24. The van der Waals surface area contributed by atoms with E-state index in [9.17, 15) is 9.59 Å². The first kappa shape index (κ1) is 13.9. The summed E-state index contributed by atoms with van der Waals surface area (Å²) in [6.45, 7) is 0. The van der Waals surface area contributed by atoms with E-state index in [0.717, 1.165) is 16.3 Å². The van der Waals surface area contributed by atoms with E-state index < -0.39 is 12.0 Å². The first-order valence-corrected chi connectivity index (χ1v) is 7.89. The van der Waals surface area contributed by atoms with E-state index in [1.54, 1.807) is 0 Å². The van der Waals surface area contributed by atoms with Crippen molar-refractivity contribution in [2.75, 3.05) is 11.6 Å². The summed E-state index contributed by atoms with van der Waals surface area (Å²) in [6, 6.07) is 13.1. The molecule has 3 rings (SSSR count). The minimum absolute atomic E-state index is 0.122. The van der Waals surface area contributed by atoms with Gasteiger partial charge < -0.3 is 10.0 Å². The van der Waals surface area contributed by atoms with Crippen LogP contribution in [0.4, 0.5) is 0 Å². The van der Waals surface area contributed by atoms with Gasteiger partial charge in [0.15, 0.2) is 0 Å². The molecule has 2 aromatic rings. The van der Waals surface area contributed by atoms with Crippen LogP contribution in [0.25, 0.3) is 10.8 Å². The van der Waals surface area contributed by atoms with Gasteiger partial charge in [-0.2, -0.15) is 0 Å². The summed E-state index contributed by atoms with van der Waals surface area (Å²) in [6.07, 6.45) is 0.242. The normalized spacial score (nSPS) is 18.1. The molecule has 1 aliphatic rings. The van der Waals surface area contributed by atoms with Gasteiger partial charge >= 0.3 is 5.97 Å². The molecule has 1 atom stereocenters. The standard InChI is InChI=1S/C16H15NO3S/c18-15(17-10-21-9-14(17)16(19)20)8-12-6-3-5-11-4-1-2-7-13(11)12/h1-7,14H,8-10H2,(H,19,20)/t14-/m0/s1. The van der Waals surface area contributed by atoms with Crippen molar-refractivity contribution < 1.29 is 14.7 Å². The number of carboxylic acid groups (broad SMARTS) is 1. The molecule has 1 saturated heterocycles. The van der Waals surface area contributed by atoms with E-state index in [1.165, 1.54) is 16.7 Å². The maximum absolute atomic E-state index is 12.4. The fourth-order valence-electron chi connectivity index (χ4n) is 2.60. The third-order valence-electron chi connectivity index (χ3n) is 3.71. The number of carboxylic acids is 1. The molecule has 2 aromatic carbocycles. The van der Waals surface area contributed by atoms with Crippen molar-refractivity contribution >= 4 is 34.4 Å². The summed E-state index contributed by atoms with van der Waals surface area (Å²) in [4.78, 5) is 25.1. The van der Waals surface area contributed by atoms with Crippen LogP contribution in [-0.4, -0.2) is 39.6 Å². The Morgan fingerprint density at radius 2 is 1.95 bits per heavy atom. The Balaban J connectivity index is 1.85. The molecular weight excluding hydrogens is 286 g/mol. The van der Waals surface area contributed by atoms with Gasteiger partial charge in [0.25, 0.3) is 0 Å². The number of benzene rings is 2. The molecule has 0 bridgehead atoms. The summed E-state index contributed by atoms with van der Waals surface area (Å²) in [5.74, 6) is -0.119. The highest BCUT2D eigenvalue weighted by Gasteiger charge is 2.34. The number of nitrogens with zero attached hydrogens (tertiary/aromatic N) is 1. The fraction of sp³-hybridized carbons (Fsp3) is 0.250. The molecule has 4 nitrogen and oxygen atoms in total. The smallest absolute Gasteiger partial charge is 0.327 e. The predicted molar refractivity (Wildman–Crippen MR) is 83.2 cm³/mol. The summed E-state index contributed by atoms with van der Waals surface area (Å²) >= 11 is 1.49. The van der Waals surface area contributed by atoms with Crippen molar-refractivity contribution in [2.45, 2.75) is 12.5 Å². The second kappa shape index (κ2) is 5.77. The van der Waals surface area contributed by atoms with Crippen LogP contribution in [0.3, 0.4) is 0 Å².